The molecule has 2 aromatic carbocycles. The van der Waals surface area contributed by atoms with E-state index in [1.165, 1.54) is 23.1 Å². The van der Waals surface area contributed by atoms with Crippen LogP contribution in [0.5, 0.6) is 0 Å². The van der Waals surface area contributed by atoms with E-state index in [1.807, 2.05) is 42.5 Å². The summed E-state index contributed by atoms with van der Waals surface area (Å²) in [7, 11) is 0. The van der Waals surface area contributed by atoms with E-state index in [2.05, 4.69) is 33.0 Å². The van der Waals surface area contributed by atoms with Gasteiger partial charge in [-0.3, -0.25) is 4.79 Å². The van der Waals surface area contributed by atoms with Crippen molar-refractivity contribution in [2.24, 2.45) is 0 Å². The molecule has 1 amide bonds. The predicted molar refractivity (Wildman–Crippen MR) is 124 cm³/mol. The van der Waals surface area contributed by atoms with E-state index in [0.717, 1.165) is 50.9 Å². The van der Waals surface area contributed by atoms with Gasteiger partial charge in [-0.25, -0.2) is 0 Å². The molecular weight excluding hydrogens is 436 g/mol. The zero-order valence-corrected chi connectivity index (χ0v) is 18.7. The Hall–Kier alpha value is -2.07. The van der Waals surface area contributed by atoms with Crippen molar-refractivity contribution < 1.29 is 9.53 Å². The van der Waals surface area contributed by atoms with Crippen molar-refractivity contribution in [3.05, 3.63) is 54.6 Å². The first-order valence-electron chi connectivity index (χ1n) is 9.70. The van der Waals surface area contributed by atoms with Gasteiger partial charge in [0.25, 0.3) is 0 Å². The number of nitrogens with one attached hydrogen (secondary N) is 2. The lowest BCUT2D eigenvalue weighted by molar-refractivity contribution is -0.113. The van der Waals surface area contributed by atoms with Crippen LogP contribution in [0.15, 0.2) is 68.7 Å². The lowest BCUT2D eigenvalue weighted by atomic mass is 10.2. The number of aromatic nitrogens is 2. The van der Waals surface area contributed by atoms with Gasteiger partial charge in [0.1, 0.15) is 0 Å². The number of anilines is 2. The van der Waals surface area contributed by atoms with Gasteiger partial charge >= 0.3 is 0 Å². The summed E-state index contributed by atoms with van der Waals surface area (Å²) in [6, 6.07) is 17.9. The number of hydrogen-bond donors (Lipinski definition) is 2. The molecular formula is C21H22N4O2S3. The van der Waals surface area contributed by atoms with E-state index in [4.69, 9.17) is 4.74 Å². The molecule has 0 bridgehead atoms. The van der Waals surface area contributed by atoms with Gasteiger partial charge in [-0.15, -0.1) is 10.2 Å². The Bertz CT molecular complexity index is 962. The van der Waals surface area contributed by atoms with Gasteiger partial charge in [0.15, 0.2) is 4.34 Å². The average Bonchev–Trinajstić information content (AvgIpc) is 3.45. The molecule has 1 aliphatic rings. The minimum atomic E-state index is -0.0647. The van der Waals surface area contributed by atoms with Crippen LogP contribution < -0.4 is 10.6 Å². The highest BCUT2D eigenvalue weighted by molar-refractivity contribution is 8.01. The summed E-state index contributed by atoms with van der Waals surface area (Å²) in [4.78, 5) is 14.6. The zero-order chi connectivity index (χ0) is 20.6. The highest BCUT2D eigenvalue weighted by Gasteiger charge is 2.16. The lowest BCUT2D eigenvalue weighted by Gasteiger charge is -2.10. The van der Waals surface area contributed by atoms with Crippen molar-refractivity contribution in [2.45, 2.75) is 33.1 Å². The van der Waals surface area contributed by atoms with Gasteiger partial charge in [0, 0.05) is 22.9 Å². The highest BCUT2D eigenvalue weighted by Crippen LogP contribution is 2.33. The van der Waals surface area contributed by atoms with Crippen LogP contribution in [-0.2, 0) is 9.53 Å². The third kappa shape index (κ3) is 6.21. The standard InChI is InChI=1S/C21H22N4O2S3/c26-19(14-28-21-25-24-20(30-21)22-13-15-7-6-12-27-15)23-17-10-4-5-11-18(17)29-16-8-2-1-3-9-16/h1-5,8-11,15H,6-7,12-14H2,(H,22,24)(H,23,26). The fraction of sp³-hybridized carbons (Fsp3) is 0.286. The molecule has 1 aliphatic heterocycles. The predicted octanol–water partition coefficient (Wildman–Crippen LogP) is 5.01. The number of rotatable bonds is 9. The number of benzene rings is 2. The van der Waals surface area contributed by atoms with Crippen LogP contribution in [-0.4, -0.2) is 41.1 Å². The molecule has 1 aromatic heterocycles. The first-order chi connectivity index (χ1) is 14.8. The Kier molecular flexibility index (Phi) is 7.63. The van der Waals surface area contributed by atoms with E-state index in [-0.39, 0.29) is 17.8 Å². The number of para-hydroxylation sites is 1. The number of amides is 1. The summed E-state index contributed by atoms with van der Waals surface area (Å²) < 4.78 is 6.37. The van der Waals surface area contributed by atoms with Crippen molar-refractivity contribution in [3.8, 4) is 0 Å². The molecule has 0 saturated carbocycles. The first-order valence-corrected chi connectivity index (χ1v) is 12.3. The monoisotopic (exact) mass is 458 g/mol. The van der Waals surface area contributed by atoms with Crippen LogP contribution in [0.25, 0.3) is 0 Å². The Morgan fingerprint density at radius 1 is 1.13 bits per heavy atom. The number of ether oxygens (including phenoxy) is 1. The Morgan fingerprint density at radius 3 is 2.80 bits per heavy atom. The molecule has 6 nitrogen and oxygen atoms in total. The molecule has 0 radical (unpaired) electrons. The lowest BCUT2D eigenvalue weighted by Crippen LogP contribution is -2.18. The summed E-state index contributed by atoms with van der Waals surface area (Å²) in [5.74, 6) is 0.218. The van der Waals surface area contributed by atoms with Gasteiger partial charge < -0.3 is 15.4 Å². The Morgan fingerprint density at radius 2 is 1.97 bits per heavy atom. The SMILES string of the molecule is O=C(CSc1nnc(NCC2CCCO2)s1)Nc1ccccc1Sc1ccccc1. The molecule has 0 spiro atoms. The third-order valence-electron chi connectivity index (χ3n) is 4.37. The normalized spacial score (nSPS) is 15.8. The molecule has 1 saturated heterocycles. The molecule has 156 valence electrons. The molecule has 0 aliphatic carbocycles. The maximum absolute atomic E-state index is 12.5. The summed E-state index contributed by atoms with van der Waals surface area (Å²) in [6.45, 7) is 1.58. The summed E-state index contributed by atoms with van der Waals surface area (Å²) in [6.07, 6.45) is 2.45. The van der Waals surface area contributed by atoms with Crippen LogP contribution in [0.3, 0.4) is 0 Å². The van der Waals surface area contributed by atoms with Crippen molar-refractivity contribution in [2.75, 3.05) is 29.5 Å². The van der Waals surface area contributed by atoms with Crippen molar-refractivity contribution in [3.63, 3.8) is 0 Å². The maximum atomic E-state index is 12.5. The average molecular weight is 459 g/mol. The van der Waals surface area contributed by atoms with Crippen LogP contribution in [0.4, 0.5) is 10.8 Å². The molecule has 1 fully saturated rings. The number of hydrogen-bond acceptors (Lipinski definition) is 8. The topological polar surface area (TPSA) is 76.1 Å². The smallest absolute Gasteiger partial charge is 0.234 e. The van der Waals surface area contributed by atoms with Gasteiger partial charge in [0.2, 0.25) is 11.0 Å². The quantitative estimate of drug-likeness (QED) is 0.437. The number of carbonyl (C=O) groups is 1. The fourth-order valence-electron chi connectivity index (χ4n) is 2.93. The highest BCUT2D eigenvalue weighted by atomic mass is 32.2. The largest absolute Gasteiger partial charge is 0.376 e. The molecule has 1 atom stereocenters. The van der Waals surface area contributed by atoms with Crippen molar-refractivity contribution in [1.29, 1.82) is 0 Å². The molecule has 2 N–H and O–H groups in total. The van der Waals surface area contributed by atoms with E-state index in [0.29, 0.717) is 0 Å². The molecule has 2 heterocycles. The second-order valence-electron chi connectivity index (χ2n) is 6.64. The van der Waals surface area contributed by atoms with Crippen LogP contribution in [0.2, 0.25) is 0 Å². The number of thioether (sulfide) groups is 1. The van der Waals surface area contributed by atoms with Gasteiger partial charge in [-0.2, -0.15) is 0 Å². The summed E-state index contributed by atoms with van der Waals surface area (Å²) in [5.41, 5.74) is 0.813. The fourth-order valence-corrected chi connectivity index (χ4v) is 5.42. The molecule has 1 unspecified atom stereocenters. The van der Waals surface area contributed by atoms with Gasteiger partial charge in [-0.1, -0.05) is 65.2 Å². The van der Waals surface area contributed by atoms with Crippen LogP contribution in [0, 0.1) is 0 Å². The second-order valence-corrected chi connectivity index (χ2v) is 9.95. The van der Waals surface area contributed by atoms with Crippen LogP contribution in [0.1, 0.15) is 12.8 Å². The Balaban J connectivity index is 1.27. The molecule has 4 rings (SSSR count). The summed E-state index contributed by atoms with van der Waals surface area (Å²) >= 11 is 4.48. The van der Waals surface area contributed by atoms with E-state index in [1.54, 1.807) is 11.8 Å². The Labute approximate surface area is 188 Å². The van der Waals surface area contributed by atoms with E-state index < -0.39 is 0 Å². The number of carbonyl (C=O) groups excluding carboxylic acids is 1. The first kappa shape index (κ1) is 21.2. The second kappa shape index (κ2) is 10.8. The maximum Gasteiger partial charge on any atom is 0.234 e. The molecule has 30 heavy (non-hydrogen) atoms. The van der Waals surface area contributed by atoms with Crippen LogP contribution >= 0.6 is 34.9 Å². The van der Waals surface area contributed by atoms with Crippen molar-refractivity contribution in [1.82, 2.24) is 10.2 Å². The van der Waals surface area contributed by atoms with E-state index in [9.17, 15) is 4.79 Å². The summed E-state index contributed by atoms with van der Waals surface area (Å²) in [5, 5.41) is 15.3. The van der Waals surface area contributed by atoms with Crippen molar-refractivity contribution >= 4 is 51.6 Å². The zero-order valence-electron chi connectivity index (χ0n) is 16.2. The minimum absolute atomic E-state index is 0.0647. The van der Waals surface area contributed by atoms with E-state index >= 15 is 0 Å². The minimum Gasteiger partial charge on any atom is -0.376 e. The van der Waals surface area contributed by atoms with Gasteiger partial charge in [-0.05, 0) is 37.1 Å². The molecule has 9 heteroatoms. The third-order valence-corrected chi connectivity index (χ3v) is 7.47. The van der Waals surface area contributed by atoms with Gasteiger partial charge in [0.05, 0.1) is 17.5 Å². The molecule has 3 aromatic rings. The number of nitrogens with zero attached hydrogens (tertiary/aromatic N) is 2.